The van der Waals surface area contributed by atoms with Crippen LogP contribution >= 0.6 is 0 Å². The Balaban J connectivity index is 3.21. The van der Waals surface area contributed by atoms with Gasteiger partial charge in [0.05, 0.1) is 5.60 Å². The molecule has 0 saturated heterocycles. The maximum atomic E-state index is 11.7. The number of carbonyl (C=O) groups is 1. The lowest BCUT2D eigenvalue weighted by atomic mass is 10.1. The van der Waals surface area contributed by atoms with E-state index in [0.29, 0.717) is 6.42 Å². The molecular weight excluding hydrogens is 286 g/mol. The number of amides is 1. The SMILES string of the molecule is CCCCCCCCCC(=O)NCCCCCCOC(C)(C)C. The van der Waals surface area contributed by atoms with Crippen molar-refractivity contribution in [3.63, 3.8) is 0 Å². The molecule has 0 rings (SSSR count). The highest BCUT2D eigenvalue weighted by Gasteiger charge is 2.08. The topological polar surface area (TPSA) is 38.3 Å². The Kier molecular flexibility index (Phi) is 14.6. The fourth-order valence-electron chi connectivity index (χ4n) is 2.52. The first-order valence-electron chi connectivity index (χ1n) is 9.86. The van der Waals surface area contributed by atoms with E-state index in [1.807, 2.05) is 0 Å². The molecule has 1 amide bonds. The van der Waals surface area contributed by atoms with Gasteiger partial charge in [0.2, 0.25) is 5.91 Å². The second-order valence-electron chi connectivity index (χ2n) is 7.60. The molecule has 0 fully saturated rings. The van der Waals surface area contributed by atoms with Crippen LogP contribution in [-0.4, -0.2) is 24.7 Å². The maximum Gasteiger partial charge on any atom is 0.219 e. The Hall–Kier alpha value is -0.570. The summed E-state index contributed by atoms with van der Waals surface area (Å²) in [4.78, 5) is 11.7. The Morgan fingerprint density at radius 3 is 2.04 bits per heavy atom. The van der Waals surface area contributed by atoms with Gasteiger partial charge in [-0.05, 0) is 40.0 Å². The quantitative estimate of drug-likeness (QED) is 0.396. The molecule has 0 saturated carbocycles. The third kappa shape index (κ3) is 19.4. The van der Waals surface area contributed by atoms with E-state index in [1.165, 1.54) is 51.4 Å². The van der Waals surface area contributed by atoms with Gasteiger partial charge in [0.15, 0.2) is 0 Å². The van der Waals surface area contributed by atoms with Gasteiger partial charge in [0, 0.05) is 19.6 Å². The highest BCUT2D eigenvalue weighted by molar-refractivity contribution is 5.75. The lowest BCUT2D eigenvalue weighted by Gasteiger charge is -2.19. The molecule has 0 radical (unpaired) electrons. The minimum absolute atomic E-state index is 0.0238. The first-order valence-corrected chi connectivity index (χ1v) is 9.86. The second-order valence-corrected chi connectivity index (χ2v) is 7.60. The molecule has 0 unspecified atom stereocenters. The molecule has 1 N–H and O–H groups in total. The number of hydrogen-bond donors (Lipinski definition) is 1. The van der Waals surface area contributed by atoms with Gasteiger partial charge >= 0.3 is 0 Å². The van der Waals surface area contributed by atoms with E-state index in [4.69, 9.17) is 4.74 Å². The zero-order valence-electron chi connectivity index (χ0n) is 16.2. The first kappa shape index (κ1) is 22.4. The summed E-state index contributed by atoms with van der Waals surface area (Å²) in [7, 11) is 0. The predicted octanol–water partition coefficient (Wildman–Crippen LogP) is 5.62. The van der Waals surface area contributed by atoms with Crippen molar-refractivity contribution < 1.29 is 9.53 Å². The van der Waals surface area contributed by atoms with Crippen molar-refractivity contribution in [2.24, 2.45) is 0 Å². The normalized spacial score (nSPS) is 11.7. The van der Waals surface area contributed by atoms with Crippen LogP contribution in [0.1, 0.15) is 105 Å². The third-order valence-electron chi connectivity index (χ3n) is 3.94. The molecule has 0 spiro atoms. The Labute approximate surface area is 144 Å². The van der Waals surface area contributed by atoms with Crippen LogP contribution in [0, 0.1) is 0 Å². The van der Waals surface area contributed by atoms with Gasteiger partial charge in [-0.2, -0.15) is 0 Å². The minimum atomic E-state index is -0.0238. The largest absolute Gasteiger partial charge is 0.376 e. The van der Waals surface area contributed by atoms with E-state index < -0.39 is 0 Å². The number of unbranched alkanes of at least 4 members (excludes halogenated alkanes) is 9. The highest BCUT2D eigenvalue weighted by atomic mass is 16.5. The highest BCUT2D eigenvalue weighted by Crippen LogP contribution is 2.09. The average Bonchev–Trinajstić information content (AvgIpc) is 2.48. The van der Waals surface area contributed by atoms with E-state index in [1.54, 1.807) is 0 Å². The van der Waals surface area contributed by atoms with Gasteiger partial charge in [-0.15, -0.1) is 0 Å². The van der Waals surface area contributed by atoms with E-state index in [2.05, 4.69) is 33.0 Å². The van der Waals surface area contributed by atoms with Gasteiger partial charge in [-0.25, -0.2) is 0 Å². The number of nitrogens with one attached hydrogen (secondary N) is 1. The van der Waals surface area contributed by atoms with Gasteiger partial charge in [0.25, 0.3) is 0 Å². The van der Waals surface area contributed by atoms with Crippen LogP contribution in [0.2, 0.25) is 0 Å². The van der Waals surface area contributed by atoms with Gasteiger partial charge in [-0.3, -0.25) is 4.79 Å². The summed E-state index contributed by atoms with van der Waals surface area (Å²) in [6.45, 7) is 10.2. The maximum absolute atomic E-state index is 11.7. The molecule has 0 aliphatic carbocycles. The van der Waals surface area contributed by atoms with Gasteiger partial charge in [0.1, 0.15) is 0 Å². The van der Waals surface area contributed by atoms with Crippen molar-refractivity contribution in [3.05, 3.63) is 0 Å². The van der Waals surface area contributed by atoms with Crippen LogP contribution in [-0.2, 0) is 9.53 Å². The van der Waals surface area contributed by atoms with Crippen molar-refractivity contribution in [2.45, 2.75) is 110 Å². The van der Waals surface area contributed by atoms with Crippen molar-refractivity contribution in [3.8, 4) is 0 Å². The molecule has 0 atom stereocenters. The fourth-order valence-corrected chi connectivity index (χ4v) is 2.52. The molecule has 0 aliphatic rings. The molecular formula is C20H41NO2. The third-order valence-corrected chi connectivity index (χ3v) is 3.94. The molecule has 3 nitrogen and oxygen atoms in total. The van der Waals surface area contributed by atoms with Crippen LogP contribution in [0.3, 0.4) is 0 Å². The summed E-state index contributed by atoms with van der Waals surface area (Å²) in [5, 5.41) is 3.04. The molecule has 23 heavy (non-hydrogen) atoms. The molecule has 0 aromatic heterocycles. The summed E-state index contributed by atoms with van der Waals surface area (Å²) < 4.78 is 5.69. The minimum Gasteiger partial charge on any atom is -0.376 e. The fraction of sp³-hybridized carbons (Fsp3) is 0.950. The molecule has 0 aromatic carbocycles. The Bertz CT molecular complexity index is 271. The number of rotatable bonds is 15. The monoisotopic (exact) mass is 327 g/mol. The summed E-state index contributed by atoms with van der Waals surface area (Å²) in [5.74, 6) is 0.231. The van der Waals surface area contributed by atoms with Crippen LogP contribution in [0.15, 0.2) is 0 Å². The van der Waals surface area contributed by atoms with E-state index in [0.717, 1.165) is 32.4 Å². The standard InChI is InChI=1S/C20H41NO2/c1-5-6-7-8-9-10-13-16-19(22)21-17-14-11-12-15-18-23-20(2,3)4/h5-18H2,1-4H3,(H,21,22). The van der Waals surface area contributed by atoms with Crippen molar-refractivity contribution >= 4 is 5.91 Å². The van der Waals surface area contributed by atoms with E-state index in [-0.39, 0.29) is 11.5 Å². The van der Waals surface area contributed by atoms with Crippen molar-refractivity contribution in [1.82, 2.24) is 5.32 Å². The molecule has 0 aliphatic heterocycles. The van der Waals surface area contributed by atoms with E-state index >= 15 is 0 Å². The van der Waals surface area contributed by atoms with Crippen LogP contribution < -0.4 is 5.32 Å². The number of carbonyl (C=O) groups excluding carboxylic acids is 1. The zero-order valence-corrected chi connectivity index (χ0v) is 16.2. The lowest BCUT2D eigenvalue weighted by Crippen LogP contribution is -2.24. The lowest BCUT2D eigenvalue weighted by molar-refractivity contribution is -0.121. The summed E-state index contributed by atoms with van der Waals surface area (Å²) >= 11 is 0. The molecule has 138 valence electrons. The average molecular weight is 328 g/mol. The van der Waals surface area contributed by atoms with Crippen LogP contribution in [0.4, 0.5) is 0 Å². The first-order chi connectivity index (χ1) is 11.0. The summed E-state index contributed by atoms with van der Waals surface area (Å²) in [5.41, 5.74) is -0.0238. The summed E-state index contributed by atoms with van der Waals surface area (Å²) in [6.07, 6.45) is 14.1. The zero-order chi connectivity index (χ0) is 17.4. The van der Waals surface area contributed by atoms with Gasteiger partial charge in [-0.1, -0.05) is 58.3 Å². The Morgan fingerprint density at radius 2 is 1.39 bits per heavy atom. The smallest absolute Gasteiger partial charge is 0.219 e. The molecule has 0 heterocycles. The van der Waals surface area contributed by atoms with Crippen molar-refractivity contribution in [2.75, 3.05) is 13.2 Å². The molecule has 3 heteroatoms. The van der Waals surface area contributed by atoms with Crippen LogP contribution in [0.25, 0.3) is 0 Å². The number of hydrogen-bond acceptors (Lipinski definition) is 2. The van der Waals surface area contributed by atoms with E-state index in [9.17, 15) is 4.79 Å². The van der Waals surface area contributed by atoms with Crippen molar-refractivity contribution in [1.29, 1.82) is 0 Å². The number of ether oxygens (including phenoxy) is 1. The predicted molar refractivity (Wildman–Crippen MR) is 99.8 cm³/mol. The van der Waals surface area contributed by atoms with Crippen LogP contribution in [0.5, 0.6) is 0 Å². The second kappa shape index (κ2) is 15.0. The Morgan fingerprint density at radius 1 is 0.826 bits per heavy atom. The van der Waals surface area contributed by atoms with Gasteiger partial charge < -0.3 is 10.1 Å². The molecule has 0 aromatic rings. The molecule has 0 bridgehead atoms. The summed E-state index contributed by atoms with van der Waals surface area (Å²) in [6, 6.07) is 0.